The lowest BCUT2D eigenvalue weighted by molar-refractivity contribution is 0.754. The van der Waals surface area contributed by atoms with E-state index in [2.05, 4.69) is 43.0 Å². The van der Waals surface area contributed by atoms with Gasteiger partial charge in [0.15, 0.2) is 0 Å². The maximum absolute atomic E-state index is 6.22. The van der Waals surface area contributed by atoms with Crippen molar-refractivity contribution in [2.24, 2.45) is 0 Å². The number of nitrogens with one attached hydrogen (secondary N) is 1. The van der Waals surface area contributed by atoms with Gasteiger partial charge in [-0.05, 0) is 32.8 Å². The summed E-state index contributed by atoms with van der Waals surface area (Å²) in [5.41, 5.74) is 1.19. The molecule has 1 atom stereocenters. The quantitative estimate of drug-likeness (QED) is 0.850. The van der Waals surface area contributed by atoms with Crippen LogP contribution >= 0.6 is 22.9 Å². The van der Waals surface area contributed by atoms with Crippen LogP contribution < -0.4 is 5.32 Å². The van der Waals surface area contributed by atoms with Gasteiger partial charge in [0.25, 0.3) is 0 Å². The molecule has 0 saturated heterocycles. The average molecular weight is 270 g/mol. The zero-order valence-corrected chi connectivity index (χ0v) is 12.0. The molecule has 0 aromatic carbocycles. The third kappa shape index (κ3) is 2.38. The molecule has 0 aliphatic heterocycles. The molecule has 2 rings (SSSR count). The van der Waals surface area contributed by atoms with Crippen LogP contribution in [0, 0.1) is 13.8 Å². The van der Waals surface area contributed by atoms with Crippen LogP contribution in [0.2, 0.25) is 5.15 Å². The number of nitrogens with zero attached hydrogens (tertiary/aromatic N) is 2. The van der Waals surface area contributed by atoms with Gasteiger partial charge in [0.2, 0.25) is 5.95 Å². The molecule has 0 aliphatic carbocycles. The van der Waals surface area contributed by atoms with Crippen molar-refractivity contribution in [2.45, 2.75) is 40.2 Å². The molecular formula is C12H16ClN3S. The maximum Gasteiger partial charge on any atom is 0.225 e. The molecule has 0 radical (unpaired) electrons. The van der Waals surface area contributed by atoms with Crippen LogP contribution in [0.3, 0.4) is 0 Å². The highest BCUT2D eigenvalue weighted by Crippen LogP contribution is 2.33. The summed E-state index contributed by atoms with van der Waals surface area (Å²) in [6, 6.07) is 0.352. The van der Waals surface area contributed by atoms with Crippen molar-refractivity contribution >= 4 is 39.1 Å². The van der Waals surface area contributed by atoms with Crippen LogP contribution in [-0.4, -0.2) is 16.0 Å². The largest absolute Gasteiger partial charge is 0.352 e. The summed E-state index contributed by atoms with van der Waals surface area (Å²) in [4.78, 5) is 11.0. The smallest absolute Gasteiger partial charge is 0.225 e. The van der Waals surface area contributed by atoms with Crippen LogP contribution in [0.15, 0.2) is 0 Å². The Hall–Kier alpha value is -0.870. The third-order valence-electron chi connectivity index (χ3n) is 2.97. The molecule has 0 saturated carbocycles. The van der Waals surface area contributed by atoms with Crippen molar-refractivity contribution in [3.63, 3.8) is 0 Å². The molecule has 17 heavy (non-hydrogen) atoms. The van der Waals surface area contributed by atoms with Crippen LogP contribution in [0.25, 0.3) is 10.2 Å². The molecule has 0 spiro atoms. The second kappa shape index (κ2) is 4.78. The number of fused-ring (bicyclic) bond motifs is 1. The number of halogens is 1. The van der Waals surface area contributed by atoms with Gasteiger partial charge in [-0.15, -0.1) is 11.3 Å². The number of aromatic nitrogens is 2. The predicted molar refractivity (Wildman–Crippen MR) is 75.3 cm³/mol. The van der Waals surface area contributed by atoms with E-state index < -0.39 is 0 Å². The fraction of sp³-hybridized carbons (Fsp3) is 0.500. The van der Waals surface area contributed by atoms with Crippen LogP contribution in [0.5, 0.6) is 0 Å². The summed E-state index contributed by atoms with van der Waals surface area (Å²) >= 11 is 7.89. The lowest BCUT2D eigenvalue weighted by Crippen LogP contribution is -2.15. The Morgan fingerprint density at radius 1 is 1.35 bits per heavy atom. The van der Waals surface area contributed by atoms with Gasteiger partial charge in [-0.3, -0.25) is 0 Å². The second-order valence-corrected chi connectivity index (χ2v) is 5.82. The first kappa shape index (κ1) is 12.6. The van der Waals surface area contributed by atoms with Crippen LogP contribution in [-0.2, 0) is 0 Å². The van der Waals surface area contributed by atoms with Crippen molar-refractivity contribution in [3.05, 3.63) is 15.6 Å². The number of hydrogen-bond donors (Lipinski definition) is 1. The molecule has 2 aromatic rings. The van der Waals surface area contributed by atoms with Gasteiger partial charge in [0, 0.05) is 10.9 Å². The molecule has 0 fully saturated rings. The molecule has 2 heterocycles. The number of rotatable bonds is 3. The lowest BCUT2D eigenvalue weighted by Gasteiger charge is -2.11. The lowest BCUT2D eigenvalue weighted by atomic mass is 10.2. The van der Waals surface area contributed by atoms with Gasteiger partial charge in [0.05, 0.1) is 5.39 Å². The van der Waals surface area contributed by atoms with Crippen LogP contribution in [0.4, 0.5) is 5.95 Å². The van der Waals surface area contributed by atoms with E-state index in [9.17, 15) is 0 Å². The Balaban J connectivity index is 2.49. The predicted octanol–water partition coefficient (Wildman–Crippen LogP) is 4.17. The average Bonchev–Trinajstić information content (AvgIpc) is 2.54. The fourth-order valence-electron chi connectivity index (χ4n) is 1.59. The van der Waals surface area contributed by atoms with Gasteiger partial charge >= 0.3 is 0 Å². The molecule has 5 heteroatoms. The maximum atomic E-state index is 6.22. The Kier molecular flexibility index (Phi) is 3.54. The monoisotopic (exact) mass is 269 g/mol. The van der Waals surface area contributed by atoms with E-state index >= 15 is 0 Å². The zero-order valence-electron chi connectivity index (χ0n) is 10.5. The Labute approximate surface area is 110 Å². The molecule has 0 aliphatic rings. The minimum Gasteiger partial charge on any atom is -0.352 e. The summed E-state index contributed by atoms with van der Waals surface area (Å²) in [6.45, 7) is 8.37. The molecule has 0 amide bonds. The summed E-state index contributed by atoms with van der Waals surface area (Å²) in [5, 5.41) is 4.79. The topological polar surface area (TPSA) is 37.8 Å². The number of anilines is 1. The van der Waals surface area contributed by atoms with Gasteiger partial charge in [-0.1, -0.05) is 18.5 Å². The normalized spacial score (nSPS) is 13.0. The first-order valence-electron chi connectivity index (χ1n) is 5.72. The number of aryl methyl sites for hydroxylation is 2. The summed E-state index contributed by atoms with van der Waals surface area (Å²) < 4.78 is 0. The highest BCUT2D eigenvalue weighted by Gasteiger charge is 2.13. The molecular weight excluding hydrogens is 254 g/mol. The SMILES string of the molecule is CCC(C)Nc1nc(Cl)c2c(C)c(C)sc2n1. The van der Waals surface area contributed by atoms with E-state index in [0.717, 1.165) is 16.6 Å². The summed E-state index contributed by atoms with van der Waals surface area (Å²) in [5.74, 6) is 0.623. The highest BCUT2D eigenvalue weighted by atomic mass is 35.5. The summed E-state index contributed by atoms with van der Waals surface area (Å²) in [7, 11) is 0. The molecule has 92 valence electrons. The van der Waals surface area contributed by atoms with E-state index in [0.29, 0.717) is 17.1 Å². The van der Waals surface area contributed by atoms with E-state index in [1.54, 1.807) is 11.3 Å². The van der Waals surface area contributed by atoms with Crippen molar-refractivity contribution in [1.82, 2.24) is 9.97 Å². The standard InChI is InChI=1S/C12H16ClN3S/c1-5-6(2)14-12-15-10(13)9-7(3)8(4)17-11(9)16-12/h6H,5H2,1-4H3,(H,14,15,16). The molecule has 1 unspecified atom stereocenters. The number of thiophene rings is 1. The van der Waals surface area contributed by atoms with Crippen molar-refractivity contribution < 1.29 is 0 Å². The van der Waals surface area contributed by atoms with Crippen molar-refractivity contribution in [3.8, 4) is 0 Å². The molecule has 0 bridgehead atoms. The van der Waals surface area contributed by atoms with Crippen molar-refractivity contribution in [2.75, 3.05) is 5.32 Å². The van der Waals surface area contributed by atoms with E-state index in [-0.39, 0.29) is 0 Å². The van der Waals surface area contributed by atoms with Gasteiger partial charge in [-0.2, -0.15) is 0 Å². The van der Waals surface area contributed by atoms with Gasteiger partial charge < -0.3 is 5.32 Å². The molecule has 1 N–H and O–H groups in total. The first-order valence-corrected chi connectivity index (χ1v) is 6.92. The third-order valence-corrected chi connectivity index (χ3v) is 4.35. The Bertz CT molecular complexity index is 550. The van der Waals surface area contributed by atoms with Gasteiger partial charge in [-0.25, -0.2) is 9.97 Å². The van der Waals surface area contributed by atoms with E-state index in [1.165, 1.54) is 10.4 Å². The highest BCUT2D eigenvalue weighted by molar-refractivity contribution is 7.18. The minimum atomic E-state index is 0.352. The zero-order chi connectivity index (χ0) is 12.6. The Morgan fingerprint density at radius 3 is 2.71 bits per heavy atom. The van der Waals surface area contributed by atoms with Crippen LogP contribution in [0.1, 0.15) is 30.7 Å². The molecule has 3 nitrogen and oxygen atoms in total. The van der Waals surface area contributed by atoms with E-state index in [1.807, 2.05) is 0 Å². The molecule has 2 aromatic heterocycles. The minimum absolute atomic E-state index is 0.352. The van der Waals surface area contributed by atoms with Crippen molar-refractivity contribution in [1.29, 1.82) is 0 Å². The fourth-order valence-corrected chi connectivity index (χ4v) is 2.98. The van der Waals surface area contributed by atoms with E-state index in [4.69, 9.17) is 11.6 Å². The first-order chi connectivity index (χ1) is 8.02. The number of hydrogen-bond acceptors (Lipinski definition) is 4. The summed E-state index contributed by atoms with van der Waals surface area (Å²) in [6.07, 6.45) is 1.03. The van der Waals surface area contributed by atoms with Gasteiger partial charge in [0.1, 0.15) is 9.98 Å². The Morgan fingerprint density at radius 2 is 2.06 bits per heavy atom. The second-order valence-electron chi connectivity index (χ2n) is 4.26.